The number of rotatable bonds is 12. The van der Waals surface area contributed by atoms with Crippen molar-refractivity contribution in [3.63, 3.8) is 0 Å². The van der Waals surface area contributed by atoms with Crippen molar-refractivity contribution >= 4 is 54.4 Å². The molecule has 0 unspecified atom stereocenters. The molecular weight excluding hydrogens is 688 g/mol. The molecule has 0 spiro atoms. The zero-order valence-corrected chi connectivity index (χ0v) is 29.3. The van der Waals surface area contributed by atoms with Gasteiger partial charge in [-0.2, -0.15) is 0 Å². The quantitative estimate of drug-likeness (QED) is 0.181. The number of hydrogen-bond donors (Lipinski definition) is 1. The molecule has 0 amide bonds. The maximum absolute atomic E-state index is 12.6. The Morgan fingerprint density at radius 2 is 1.04 bits per heavy atom. The highest BCUT2D eigenvalue weighted by atomic mass is 32.1. The third-order valence-corrected chi connectivity index (χ3v) is 7.80. The molecule has 0 aliphatic carbocycles. The average molecular weight is 729 g/mol. The summed E-state index contributed by atoms with van der Waals surface area (Å²) in [7, 11) is 0. The lowest BCUT2D eigenvalue weighted by Crippen LogP contribution is -2.68. The van der Waals surface area contributed by atoms with Gasteiger partial charge in [0.15, 0.2) is 41.7 Å². The van der Waals surface area contributed by atoms with Gasteiger partial charge in [-0.1, -0.05) is 30.3 Å². The van der Waals surface area contributed by atoms with Crippen molar-refractivity contribution in [1.29, 1.82) is 0 Å². The van der Waals surface area contributed by atoms with Gasteiger partial charge in [0.1, 0.15) is 31.5 Å². The minimum atomic E-state index is -1.85. The molecule has 18 heteroatoms. The van der Waals surface area contributed by atoms with Crippen LogP contribution in [0.3, 0.4) is 0 Å². The summed E-state index contributed by atoms with van der Waals surface area (Å²) in [6.07, 6.45) is -14.1. The molecule has 0 N–H and O–H groups in total. The van der Waals surface area contributed by atoms with Gasteiger partial charge in [-0.3, -0.25) is 33.6 Å². The van der Waals surface area contributed by atoms with E-state index in [0.29, 0.717) is 5.56 Å². The van der Waals surface area contributed by atoms with Crippen LogP contribution in [0.4, 0.5) is 0 Å². The maximum atomic E-state index is 12.6. The van der Waals surface area contributed by atoms with E-state index in [4.69, 9.17) is 60.0 Å². The highest BCUT2D eigenvalue weighted by molar-refractivity contribution is 7.81. The first-order valence-electron chi connectivity index (χ1n) is 15.3. The molecule has 2 aliphatic rings. The average Bonchev–Trinajstić information content (AvgIpc) is 3.00. The van der Waals surface area contributed by atoms with Crippen molar-refractivity contribution in [3.8, 4) is 0 Å². The van der Waals surface area contributed by atoms with Gasteiger partial charge < -0.3 is 47.4 Å². The normalized spacial score (nSPS) is 30.5. The fourth-order valence-electron chi connectivity index (χ4n) is 5.47. The molecule has 0 bridgehead atoms. The SMILES string of the molecule is CC(=O)OC[C@H]1O[C@H](O[C@H]2[C@H](OC(C)=O)[C@@H](OC(C)=O)[C@@](S)(c3ccccc3)O[C@@H]2COC(C)=O)[C@H](OC(C)=O)[C@@H](OC(C)=O)[C@@H]1OC(C)=O. The van der Waals surface area contributed by atoms with Gasteiger partial charge in [0, 0.05) is 48.5 Å². The molecule has 17 nitrogen and oxygen atoms in total. The van der Waals surface area contributed by atoms with Gasteiger partial charge in [0.25, 0.3) is 0 Å². The molecule has 3 rings (SSSR count). The summed E-state index contributed by atoms with van der Waals surface area (Å²) in [5.74, 6) is -5.80. The standard InChI is InChI=1S/C32H40O17S/c1-15(33)40-13-23-25(42-17(3)35)27(43-18(4)36)29(45-20(6)38)31(47-23)48-26-24(14-41-16(2)34)49-32(50,22-11-9-8-10-12-22)30(46-21(7)39)28(26)44-19(5)37/h8-12,23-31,50H,13-14H2,1-7H3/t23-,24-,25-,26-,27+,28+,29-,30-,31-,32+/m1/s1. The first-order valence-corrected chi connectivity index (χ1v) is 15.8. The Kier molecular flexibility index (Phi) is 14.1. The summed E-state index contributed by atoms with van der Waals surface area (Å²) in [4.78, 5) is 83.9. The largest absolute Gasteiger partial charge is 0.463 e. The molecule has 0 aromatic heterocycles. The molecular formula is C32H40O17S. The molecule has 50 heavy (non-hydrogen) atoms. The second kappa shape index (κ2) is 17.6. The van der Waals surface area contributed by atoms with E-state index < -0.39 is 115 Å². The molecule has 2 heterocycles. The first kappa shape index (κ1) is 40.2. The van der Waals surface area contributed by atoms with Gasteiger partial charge in [-0.15, -0.1) is 12.6 Å². The summed E-state index contributed by atoms with van der Waals surface area (Å²) in [5.41, 5.74) is 0.352. The van der Waals surface area contributed by atoms with E-state index in [2.05, 4.69) is 0 Å². The monoisotopic (exact) mass is 728 g/mol. The lowest BCUT2D eigenvalue weighted by atomic mass is 9.89. The molecule has 2 fully saturated rings. The van der Waals surface area contributed by atoms with Gasteiger partial charge in [0.2, 0.25) is 0 Å². The number of ether oxygens (including phenoxy) is 10. The summed E-state index contributed by atoms with van der Waals surface area (Å²) >= 11 is 4.78. The van der Waals surface area contributed by atoms with E-state index in [0.717, 1.165) is 48.5 Å². The zero-order chi connectivity index (χ0) is 37.3. The van der Waals surface area contributed by atoms with E-state index in [1.807, 2.05) is 0 Å². The molecule has 1 aromatic carbocycles. The van der Waals surface area contributed by atoms with Crippen LogP contribution < -0.4 is 0 Å². The molecule has 0 radical (unpaired) electrons. The minimum Gasteiger partial charge on any atom is -0.463 e. The van der Waals surface area contributed by atoms with E-state index in [-0.39, 0.29) is 0 Å². The first-order chi connectivity index (χ1) is 23.4. The Hall–Kier alpha value is -4.26. The van der Waals surface area contributed by atoms with Crippen LogP contribution in [0.15, 0.2) is 30.3 Å². The highest BCUT2D eigenvalue weighted by Gasteiger charge is 2.61. The van der Waals surface area contributed by atoms with E-state index in [1.165, 1.54) is 0 Å². The lowest BCUT2D eigenvalue weighted by molar-refractivity contribution is -0.348. The predicted octanol–water partition coefficient (Wildman–Crippen LogP) is 1.06. The number of carbonyl (C=O) groups is 7. The van der Waals surface area contributed by atoms with E-state index >= 15 is 0 Å². The Balaban J connectivity index is 2.23. The summed E-state index contributed by atoms with van der Waals surface area (Å²) < 4.78 is 57.0. The fraction of sp³-hybridized carbons (Fsp3) is 0.594. The van der Waals surface area contributed by atoms with E-state index in [9.17, 15) is 33.6 Å². The van der Waals surface area contributed by atoms with Crippen LogP contribution in [0.5, 0.6) is 0 Å². The van der Waals surface area contributed by atoms with Crippen molar-refractivity contribution in [2.75, 3.05) is 13.2 Å². The van der Waals surface area contributed by atoms with Gasteiger partial charge in [0.05, 0.1) is 0 Å². The van der Waals surface area contributed by atoms with E-state index in [1.54, 1.807) is 30.3 Å². The van der Waals surface area contributed by atoms with Gasteiger partial charge in [-0.05, 0) is 5.56 Å². The number of hydrogen-bond acceptors (Lipinski definition) is 18. The van der Waals surface area contributed by atoms with Crippen LogP contribution in [0, 0.1) is 0 Å². The molecule has 2 saturated heterocycles. The molecule has 10 atom stereocenters. The second-order valence-corrected chi connectivity index (χ2v) is 12.0. The van der Waals surface area contributed by atoms with Crippen molar-refractivity contribution < 1.29 is 80.9 Å². The number of esters is 7. The third kappa shape index (κ3) is 10.6. The summed E-state index contributed by atoms with van der Waals surface area (Å²) in [6.45, 7) is 6.46. The third-order valence-electron chi connectivity index (χ3n) is 7.18. The number of benzene rings is 1. The fourth-order valence-corrected chi connectivity index (χ4v) is 5.96. The molecule has 0 saturated carbocycles. The summed E-state index contributed by atoms with van der Waals surface area (Å²) in [5, 5.41) is 0. The van der Waals surface area contributed by atoms with Crippen molar-refractivity contribution in [1.82, 2.24) is 0 Å². The van der Waals surface area contributed by atoms with Crippen LogP contribution >= 0.6 is 12.6 Å². The minimum absolute atomic E-state index is 0.352. The van der Waals surface area contributed by atoms with Crippen molar-refractivity contribution in [2.24, 2.45) is 0 Å². The van der Waals surface area contributed by atoms with Crippen molar-refractivity contribution in [3.05, 3.63) is 35.9 Å². The van der Waals surface area contributed by atoms with Crippen molar-refractivity contribution in [2.45, 2.75) is 109 Å². The zero-order valence-electron chi connectivity index (χ0n) is 28.4. The Labute approximate surface area is 292 Å². The second-order valence-electron chi connectivity index (χ2n) is 11.3. The lowest BCUT2D eigenvalue weighted by Gasteiger charge is -2.51. The van der Waals surface area contributed by atoms with Gasteiger partial charge >= 0.3 is 41.8 Å². The number of thiol groups is 1. The Morgan fingerprint density at radius 1 is 0.580 bits per heavy atom. The number of carbonyl (C=O) groups excluding carboxylic acids is 7. The maximum Gasteiger partial charge on any atom is 0.303 e. The highest BCUT2D eigenvalue weighted by Crippen LogP contribution is 2.46. The van der Waals surface area contributed by atoms with Crippen LogP contribution in [-0.2, 0) is 85.9 Å². The van der Waals surface area contributed by atoms with Crippen LogP contribution in [0.1, 0.15) is 54.0 Å². The smallest absolute Gasteiger partial charge is 0.303 e. The molecule has 1 aromatic rings. The summed E-state index contributed by atoms with van der Waals surface area (Å²) in [6, 6.07) is 8.24. The molecule has 276 valence electrons. The topological polar surface area (TPSA) is 212 Å². The van der Waals surface area contributed by atoms with Crippen LogP contribution in [0.25, 0.3) is 0 Å². The predicted molar refractivity (Wildman–Crippen MR) is 167 cm³/mol. The molecule has 2 aliphatic heterocycles. The van der Waals surface area contributed by atoms with Crippen LogP contribution in [-0.4, -0.2) is 110 Å². The van der Waals surface area contributed by atoms with Crippen LogP contribution in [0.2, 0.25) is 0 Å². The Morgan fingerprint density at radius 3 is 1.54 bits per heavy atom. The van der Waals surface area contributed by atoms with Gasteiger partial charge in [-0.25, -0.2) is 0 Å². The Bertz CT molecular complexity index is 1420.